The molecular weight excluding hydrogens is 276 g/mol. The second kappa shape index (κ2) is 6.55. The van der Waals surface area contributed by atoms with E-state index < -0.39 is 0 Å². The molecular formula is C19H28O3. The predicted octanol–water partition coefficient (Wildman–Crippen LogP) is 4.77. The van der Waals surface area contributed by atoms with E-state index in [-0.39, 0.29) is 16.8 Å². The van der Waals surface area contributed by atoms with Gasteiger partial charge in [0.15, 0.2) is 0 Å². The number of benzene rings is 1. The summed E-state index contributed by atoms with van der Waals surface area (Å²) in [6.07, 6.45) is 3.11. The average molecular weight is 304 g/mol. The molecule has 0 heterocycles. The van der Waals surface area contributed by atoms with Crippen LogP contribution in [0.2, 0.25) is 0 Å². The summed E-state index contributed by atoms with van der Waals surface area (Å²) >= 11 is 0. The van der Waals surface area contributed by atoms with Crippen LogP contribution in [0.5, 0.6) is 11.5 Å². The number of ether oxygens (including phenoxy) is 2. The van der Waals surface area contributed by atoms with E-state index in [0.29, 0.717) is 5.75 Å². The number of allylic oxidation sites excluding steroid dienone is 1. The maximum Gasteiger partial charge on any atom is 0.335 e. The Morgan fingerprint density at radius 1 is 1.00 bits per heavy atom. The Labute approximate surface area is 134 Å². The van der Waals surface area contributed by atoms with Gasteiger partial charge in [-0.3, -0.25) is 0 Å². The topological polar surface area (TPSA) is 35.5 Å². The number of esters is 1. The third kappa shape index (κ3) is 4.36. The highest BCUT2D eigenvalue weighted by Crippen LogP contribution is 2.42. The van der Waals surface area contributed by atoms with Crippen molar-refractivity contribution in [2.45, 2.75) is 59.3 Å². The summed E-state index contributed by atoms with van der Waals surface area (Å²) in [6, 6.07) is 3.90. The van der Waals surface area contributed by atoms with E-state index in [1.165, 1.54) is 6.08 Å². The predicted molar refractivity (Wildman–Crippen MR) is 90.8 cm³/mol. The van der Waals surface area contributed by atoms with Gasteiger partial charge in [-0.1, -0.05) is 47.6 Å². The fourth-order valence-electron chi connectivity index (χ4n) is 2.22. The largest absolute Gasteiger partial charge is 0.497 e. The molecule has 0 N–H and O–H groups in total. The van der Waals surface area contributed by atoms with Crippen LogP contribution in [-0.4, -0.2) is 13.1 Å². The lowest BCUT2D eigenvalue weighted by Crippen LogP contribution is -2.21. The van der Waals surface area contributed by atoms with Crippen LogP contribution in [0.4, 0.5) is 0 Å². The second-order valence-electron chi connectivity index (χ2n) is 7.47. The van der Waals surface area contributed by atoms with E-state index in [1.807, 2.05) is 12.1 Å². The molecule has 0 aliphatic rings. The zero-order valence-corrected chi connectivity index (χ0v) is 15.0. The molecule has 0 saturated heterocycles. The molecule has 122 valence electrons. The summed E-state index contributed by atoms with van der Waals surface area (Å²) < 4.78 is 11.1. The van der Waals surface area contributed by atoms with Gasteiger partial charge in [-0.2, -0.15) is 0 Å². The molecule has 1 aromatic rings. The Bertz CT molecular complexity index is 534. The normalized spacial score (nSPS) is 12.5. The van der Waals surface area contributed by atoms with Gasteiger partial charge in [-0.15, -0.1) is 0 Å². The quantitative estimate of drug-likeness (QED) is 0.458. The highest BCUT2D eigenvalue weighted by atomic mass is 16.5. The van der Waals surface area contributed by atoms with Gasteiger partial charge >= 0.3 is 5.97 Å². The zero-order chi connectivity index (χ0) is 17.1. The van der Waals surface area contributed by atoms with Crippen LogP contribution >= 0.6 is 0 Å². The molecule has 0 aliphatic carbocycles. The van der Waals surface area contributed by atoms with E-state index in [1.54, 1.807) is 20.1 Å². The van der Waals surface area contributed by atoms with Crippen LogP contribution in [-0.2, 0) is 15.6 Å². The van der Waals surface area contributed by atoms with Crippen LogP contribution in [0.3, 0.4) is 0 Å². The first-order valence-electron chi connectivity index (χ1n) is 7.58. The first-order chi connectivity index (χ1) is 10.0. The summed E-state index contributed by atoms with van der Waals surface area (Å²) in [6.45, 7) is 14.4. The Kier molecular flexibility index (Phi) is 5.44. The molecule has 0 unspecified atom stereocenters. The maximum absolute atomic E-state index is 12.0. The van der Waals surface area contributed by atoms with Crippen molar-refractivity contribution in [3.05, 3.63) is 35.4 Å². The molecule has 3 heteroatoms. The van der Waals surface area contributed by atoms with E-state index >= 15 is 0 Å². The average Bonchev–Trinajstić information content (AvgIpc) is 2.36. The monoisotopic (exact) mass is 304 g/mol. The lowest BCUT2D eigenvalue weighted by molar-refractivity contribution is -0.129. The number of carbonyl (C=O) groups excluding carboxylic acids is 1. The van der Waals surface area contributed by atoms with Crippen molar-refractivity contribution in [3.63, 3.8) is 0 Å². The Balaban J connectivity index is 3.62. The number of rotatable bonds is 3. The summed E-state index contributed by atoms with van der Waals surface area (Å²) in [4.78, 5) is 12.0. The minimum Gasteiger partial charge on any atom is -0.497 e. The molecule has 1 rings (SSSR count). The van der Waals surface area contributed by atoms with Gasteiger partial charge in [-0.05, 0) is 29.9 Å². The smallest absolute Gasteiger partial charge is 0.335 e. The van der Waals surface area contributed by atoms with Crippen molar-refractivity contribution in [3.8, 4) is 11.5 Å². The number of methoxy groups -OCH3 is 1. The van der Waals surface area contributed by atoms with Crippen molar-refractivity contribution in [1.29, 1.82) is 0 Å². The number of carbonyl (C=O) groups is 1. The van der Waals surface area contributed by atoms with Crippen molar-refractivity contribution in [2.75, 3.05) is 7.11 Å². The molecule has 0 bridgehead atoms. The van der Waals surface area contributed by atoms with Crippen molar-refractivity contribution >= 4 is 5.97 Å². The standard InChI is InChI=1S/C19H28O3/c1-9-10-16(20)22-17-14(18(2,3)4)11-13(21-8)12-15(17)19(5,6)7/h9-12H,1-8H3. The lowest BCUT2D eigenvalue weighted by atomic mass is 9.79. The van der Waals surface area contributed by atoms with Crippen LogP contribution < -0.4 is 9.47 Å². The van der Waals surface area contributed by atoms with Gasteiger partial charge in [0.1, 0.15) is 11.5 Å². The molecule has 0 aromatic heterocycles. The van der Waals surface area contributed by atoms with Gasteiger partial charge in [0, 0.05) is 17.2 Å². The second-order valence-corrected chi connectivity index (χ2v) is 7.47. The first-order valence-corrected chi connectivity index (χ1v) is 7.58. The van der Waals surface area contributed by atoms with Crippen molar-refractivity contribution in [1.82, 2.24) is 0 Å². The van der Waals surface area contributed by atoms with Crippen LogP contribution in [0, 0.1) is 0 Å². The van der Waals surface area contributed by atoms with Gasteiger partial charge in [0.05, 0.1) is 7.11 Å². The van der Waals surface area contributed by atoms with E-state index in [2.05, 4.69) is 41.5 Å². The van der Waals surface area contributed by atoms with Gasteiger partial charge in [-0.25, -0.2) is 4.79 Å². The highest BCUT2D eigenvalue weighted by Gasteiger charge is 2.29. The van der Waals surface area contributed by atoms with Crippen molar-refractivity contribution in [2.24, 2.45) is 0 Å². The van der Waals surface area contributed by atoms with Gasteiger partial charge in [0.25, 0.3) is 0 Å². The first kappa shape index (κ1) is 18.3. The minimum absolute atomic E-state index is 0.167. The van der Waals surface area contributed by atoms with Crippen molar-refractivity contribution < 1.29 is 14.3 Å². The van der Waals surface area contributed by atoms with E-state index in [4.69, 9.17) is 9.47 Å². The van der Waals surface area contributed by atoms with Crippen LogP contribution in [0.25, 0.3) is 0 Å². The molecule has 3 nitrogen and oxygen atoms in total. The molecule has 0 saturated carbocycles. The Hall–Kier alpha value is -1.77. The summed E-state index contributed by atoms with van der Waals surface area (Å²) in [7, 11) is 1.65. The molecule has 0 spiro atoms. The summed E-state index contributed by atoms with van der Waals surface area (Å²) in [5.41, 5.74) is 1.60. The third-order valence-corrected chi connectivity index (χ3v) is 3.42. The van der Waals surface area contributed by atoms with Gasteiger partial charge < -0.3 is 9.47 Å². The summed E-state index contributed by atoms with van der Waals surface area (Å²) in [5, 5.41) is 0. The number of hydrogen-bond donors (Lipinski definition) is 0. The number of hydrogen-bond acceptors (Lipinski definition) is 3. The van der Waals surface area contributed by atoms with Crippen LogP contribution in [0.15, 0.2) is 24.3 Å². The van der Waals surface area contributed by atoms with Crippen LogP contribution in [0.1, 0.15) is 59.6 Å². The fourth-order valence-corrected chi connectivity index (χ4v) is 2.22. The van der Waals surface area contributed by atoms with E-state index in [9.17, 15) is 4.79 Å². The maximum atomic E-state index is 12.0. The molecule has 0 amide bonds. The zero-order valence-electron chi connectivity index (χ0n) is 15.0. The van der Waals surface area contributed by atoms with E-state index in [0.717, 1.165) is 16.9 Å². The molecule has 22 heavy (non-hydrogen) atoms. The lowest BCUT2D eigenvalue weighted by Gasteiger charge is -2.29. The molecule has 0 radical (unpaired) electrons. The SMILES string of the molecule is CC=CC(=O)Oc1c(C(C)(C)C)cc(OC)cc1C(C)(C)C. The molecule has 0 fully saturated rings. The highest BCUT2D eigenvalue weighted by molar-refractivity contribution is 5.84. The van der Waals surface area contributed by atoms with Gasteiger partial charge in [0.2, 0.25) is 0 Å². The Morgan fingerprint density at radius 2 is 1.45 bits per heavy atom. The fraction of sp³-hybridized carbons (Fsp3) is 0.526. The molecule has 0 aliphatic heterocycles. The molecule has 0 atom stereocenters. The Morgan fingerprint density at radius 3 is 1.77 bits per heavy atom. The molecule has 1 aromatic carbocycles. The minimum atomic E-state index is -0.358. The summed E-state index contributed by atoms with van der Waals surface area (Å²) in [5.74, 6) is 1.06. The third-order valence-electron chi connectivity index (χ3n) is 3.42.